The SMILES string of the molecule is CS(=O)(=O)c1ccc(/C(=C\C2C[C@@H](F)[C@@H](F)C2)C(=O)Nc2ccc(CO)cn2)cc1. The van der Waals surface area contributed by atoms with Gasteiger partial charge in [0.15, 0.2) is 9.84 Å². The molecule has 1 amide bonds. The Labute approximate surface area is 173 Å². The van der Waals surface area contributed by atoms with Gasteiger partial charge in [-0.3, -0.25) is 4.79 Å². The Balaban J connectivity index is 1.91. The van der Waals surface area contributed by atoms with Crippen molar-refractivity contribution in [3.63, 3.8) is 0 Å². The number of alkyl halides is 2. The average molecular weight is 436 g/mol. The van der Waals surface area contributed by atoms with Crippen LogP contribution in [0.15, 0.2) is 53.6 Å². The summed E-state index contributed by atoms with van der Waals surface area (Å²) in [5, 5.41) is 11.7. The highest BCUT2D eigenvalue weighted by atomic mass is 32.2. The fraction of sp³-hybridized carbons (Fsp3) is 0.333. The van der Waals surface area contributed by atoms with E-state index in [1.165, 1.54) is 42.6 Å². The maximum absolute atomic E-state index is 13.6. The van der Waals surface area contributed by atoms with E-state index in [1.807, 2.05) is 0 Å². The Bertz CT molecular complexity index is 1030. The number of nitrogens with zero attached hydrogens (tertiary/aromatic N) is 1. The number of allylic oxidation sites excluding steroid dienone is 1. The number of aliphatic hydroxyl groups is 1. The minimum Gasteiger partial charge on any atom is -0.392 e. The normalized spacial score (nSPS) is 22.1. The molecule has 0 spiro atoms. The van der Waals surface area contributed by atoms with Crippen LogP contribution in [-0.2, 0) is 21.2 Å². The van der Waals surface area contributed by atoms with E-state index in [9.17, 15) is 22.0 Å². The number of sulfone groups is 1. The summed E-state index contributed by atoms with van der Waals surface area (Å²) >= 11 is 0. The van der Waals surface area contributed by atoms with E-state index < -0.39 is 34.0 Å². The van der Waals surface area contributed by atoms with Gasteiger partial charge in [-0.15, -0.1) is 0 Å². The van der Waals surface area contributed by atoms with Gasteiger partial charge in [0.1, 0.15) is 18.2 Å². The van der Waals surface area contributed by atoms with Crippen LogP contribution >= 0.6 is 0 Å². The molecule has 1 aromatic carbocycles. The zero-order valence-corrected chi connectivity index (χ0v) is 17.1. The van der Waals surface area contributed by atoms with Crippen LogP contribution in [0.2, 0.25) is 0 Å². The highest BCUT2D eigenvalue weighted by Crippen LogP contribution is 2.34. The quantitative estimate of drug-likeness (QED) is 0.679. The highest BCUT2D eigenvalue weighted by Gasteiger charge is 2.34. The van der Waals surface area contributed by atoms with E-state index >= 15 is 0 Å². The number of halogens is 2. The molecular formula is C21H22F2N2O4S. The second kappa shape index (κ2) is 9.01. The molecule has 0 aliphatic heterocycles. The largest absolute Gasteiger partial charge is 0.392 e. The topological polar surface area (TPSA) is 96.4 Å². The molecular weight excluding hydrogens is 414 g/mol. The van der Waals surface area contributed by atoms with Crippen molar-refractivity contribution in [2.24, 2.45) is 5.92 Å². The lowest BCUT2D eigenvalue weighted by Crippen LogP contribution is -2.16. The molecule has 1 saturated carbocycles. The predicted molar refractivity (Wildman–Crippen MR) is 109 cm³/mol. The first-order chi connectivity index (χ1) is 14.2. The van der Waals surface area contributed by atoms with Crippen molar-refractivity contribution in [1.29, 1.82) is 0 Å². The third-order valence-electron chi connectivity index (χ3n) is 4.94. The lowest BCUT2D eigenvalue weighted by atomic mass is 9.98. The summed E-state index contributed by atoms with van der Waals surface area (Å²) in [6, 6.07) is 8.86. The van der Waals surface area contributed by atoms with Crippen molar-refractivity contribution in [2.75, 3.05) is 11.6 Å². The average Bonchev–Trinajstić information content (AvgIpc) is 3.03. The Hall–Kier alpha value is -2.65. The zero-order chi connectivity index (χ0) is 21.9. The van der Waals surface area contributed by atoms with E-state index in [-0.39, 0.29) is 35.7 Å². The number of pyridine rings is 1. The van der Waals surface area contributed by atoms with Crippen molar-refractivity contribution in [3.8, 4) is 0 Å². The maximum atomic E-state index is 13.6. The van der Waals surface area contributed by atoms with Crippen molar-refractivity contribution < 1.29 is 27.1 Å². The van der Waals surface area contributed by atoms with Gasteiger partial charge in [0, 0.05) is 18.0 Å². The molecule has 9 heteroatoms. The molecule has 160 valence electrons. The van der Waals surface area contributed by atoms with Gasteiger partial charge in [-0.2, -0.15) is 0 Å². The van der Waals surface area contributed by atoms with E-state index in [2.05, 4.69) is 10.3 Å². The predicted octanol–water partition coefficient (Wildman–Crippen LogP) is 3.09. The van der Waals surface area contributed by atoms with Gasteiger partial charge >= 0.3 is 0 Å². The van der Waals surface area contributed by atoms with Crippen LogP contribution in [-0.4, -0.2) is 43.0 Å². The van der Waals surface area contributed by atoms with Crippen LogP contribution in [0, 0.1) is 5.92 Å². The summed E-state index contributed by atoms with van der Waals surface area (Å²) in [5.74, 6) is -0.756. The van der Waals surface area contributed by atoms with Crippen LogP contribution < -0.4 is 5.32 Å². The van der Waals surface area contributed by atoms with Crippen LogP contribution in [0.3, 0.4) is 0 Å². The number of aliphatic hydroxyl groups excluding tert-OH is 1. The fourth-order valence-corrected chi connectivity index (χ4v) is 3.93. The van der Waals surface area contributed by atoms with E-state index in [4.69, 9.17) is 5.11 Å². The van der Waals surface area contributed by atoms with Crippen molar-refractivity contribution in [2.45, 2.75) is 36.7 Å². The van der Waals surface area contributed by atoms with Crippen LogP contribution in [0.5, 0.6) is 0 Å². The second-order valence-electron chi connectivity index (χ2n) is 7.30. The summed E-state index contributed by atoms with van der Waals surface area (Å²) in [5.41, 5.74) is 1.17. The van der Waals surface area contributed by atoms with Crippen LogP contribution in [0.1, 0.15) is 24.0 Å². The number of carbonyl (C=O) groups is 1. The zero-order valence-electron chi connectivity index (χ0n) is 16.3. The molecule has 1 aromatic heterocycles. The highest BCUT2D eigenvalue weighted by molar-refractivity contribution is 7.90. The maximum Gasteiger partial charge on any atom is 0.257 e. The number of anilines is 1. The number of benzene rings is 1. The van der Waals surface area contributed by atoms with Crippen molar-refractivity contribution in [3.05, 3.63) is 59.8 Å². The molecule has 1 aliphatic rings. The van der Waals surface area contributed by atoms with Gasteiger partial charge in [0.05, 0.1) is 11.5 Å². The number of hydrogen-bond acceptors (Lipinski definition) is 5. The number of rotatable bonds is 6. The number of nitrogens with one attached hydrogen (secondary N) is 1. The Morgan fingerprint density at radius 1 is 1.17 bits per heavy atom. The lowest BCUT2D eigenvalue weighted by molar-refractivity contribution is -0.111. The third kappa shape index (κ3) is 5.28. The summed E-state index contributed by atoms with van der Waals surface area (Å²) < 4.78 is 50.6. The molecule has 2 N–H and O–H groups in total. The van der Waals surface area contributed by atoms with Gasteiger partial charge in [-0.1, -0.05) is 24.3 Å². The summed E-state index contributed by atoms with van der Waals surface area (Å²) in [7, 11) is -3.41. The first-order valence-corrected chi connectivity index (χ1v) is 11.2. The Morgan fingerprint density at radius 3 is 2.30 bits per heavy atom. The number of aromatic nitrogens is 1. The van der Waals surface area contributed by atoms with E-state index in [1.54, 1.807) is 6.07 Å². The van der Waals surface area contributed by atoms with Gasteiger partial charge in [-0.25, -0.2) is 22.2 Å². The third-order valence-corrected chi connectivity index (χ3v) is 6.07. The first-order valence-electron chi connectivity index (χ1n) is 9.35. The van der Waals surface area contributed by atoms with Crippen LogP contribution in [0.25, 0.3) is 5.57 Å². The molecule has 2 aromatic rings. The number of carbonyl (C=O) groups excluding carboxylic acids is 1. The number of amides is 1. The minimum absolute atomic E-state index is 0.0250. The van der Waals surface area contributed by atoms with Gasteiger partial charge in [0.25, 0.3) is 5.91 Å². The molecule has 1 fully saturated rings. The molecule has 6 nitrogen and oxygen atoms in total. The summed E-state index contributed by atoms with van der Waals surface area (Å²) in [6.07, 6.45) is 0.823. The summed E-state index contributed by atoms with van der Waals surface area (Å²) in [6.45, 7) is -0.185. The molecule has 3 rings (SSSR count). The van der Waals surface area contributed by atoms with E-state index in [0.29, 0.717) is 11.1 Å². The molecule has 0 bridgehead atoms. The molecule has 0 saturated heterocycles. The molecule has 1 heterocycles. The standard InChI is InChI=1S/C21H22F2N2O4S/c1-30(28,29)16-5-3-15(4-6-16)17(8-14-9-18(22)19(23)10-14)21(27)25-20-7-2-13(12-26)11-24-20/h2-8,11,14,18-19,26H,9-10,12H2,1H3,(H,24,25,27)/b17-8+/t14?,18-,19+. The first kappa shape index (κ1) is 22.0. The molecule has 3 atom stereocenters. The Kier molecular flexibility index (Phi) is 6.62. The van der Waals surface area contributed by atoms with Gasteiger partial charge in [0.2, 0.25) is 0 Å². The molecule has 30 heavy (non-hydrogen) atoms. The van der Waals surface area contributed by atoms with Crippen LogP contribution in [0.4, 0.5) is 14.6 Å². The summed E-state index contributed by atoms with van der Waals surface area (Å²) in [4.78, 5) is 17.1. The van der Waals surface area contributed by atoms with Gasteiger partial charge < -0.3 is 10.4 Å². The molecule has 0 radical (unpaired) electrons. The Morgan fingerprint density at radius 2 is 1.80 bits per heavy atom. The van der Waals surface area contributed by atoms with E-state index in [0.717, 1.165) is 6.26 Å². The van der Waals surface area contributed by atoms with Crippen molar-refractivity contribution >= 4 is 27.1 Å². The lowest BCUT2D eigenvalue weighted by Gasteiger charge is -2.12. The molecule has 1 unspecified atom stereocenters. The smallest absolute Gasteiger partial charge is 0.257 e. The monoisotopic (exact) mass is 436 g/mol. The fourth-order valence-electron chi connectivity index (χ4n) is 3.30. The minimum atomic E-state index is -3.41. The van der Waals surface area contributed by atoms with Gasteiger partial charge in [-0.05, 0) is 48.1 Å². The second-order valence-corrected chi connectivity index (χ2v) is 9.32. The van der Waals surface area contributed by atoms with Crippen molar-refractivity contribution in [1.82, 2.24) is 4.98 Å². The molecule has 1 aliphatic carbocycles. The number of hydrogen-bond donors (Lipinski definition) is 2.